The van der Waals surface area contributed by atoms with Gasteiger partial charge >= 0.3 is 0 Å². The molecule has 1 N–H and O–H groups in total. The maximum atomic E-state index is 14.4. The number of rotatable bonds is 6. The van der Waals surface area contributed by atoms with Gasteiger partial charge in [0.25, 0.3) is 0 Å². The Hall–Kier alpha value is -3.56. The Morgan fingerprint density at radius 2 is 1.97 bits per heavy atom. The Kier molecular flexibility index (Phi) is 7.55. The summed E-state index contributed by atoms with van der Waals surface area (Å²) in [6, 6.07) is 17.1. The molecule has 0 fully saturated rings. The molecule has 1 atom stereocenters. The molecule has 10 heteroatoms. The first-order valence-electron chi connectivity index (χ1n) is 12.5. The second kappa shape index (κ2) is 10.9. The Morgan fingerprint density at radius 3 is 2.67 bits per heavy atom. The lowest BCUT2D eigenvalue weighted by molar-refractivity contribution is -0.123. The quantitative estimate of drug-likeness (QED) is 0.308. The summed E-state index contributed by atoms with van der Waals surface area (Å²) in [5.74, 6) is 0.156. The van der Waals surface area contributed by atoms with Gasteiger partial charge in [0, 0.05) is 11.0 Å². The highest BCUT2D eigenvalue weighted by Gasteiger charge is 2.40. The summed E-state index contributed by atoms with van der Waals surface area (Å²) in [5, 5.41) is 7.86. The molecule has 202 valence electrons. The van der Waals surface area contributed by atoms with Crippen molar-refractivity contribution < 1.29 is 18.4 Å². The van der Waals surface area contributed by atoms with Crippen molar-refractivity contribution in [3.05, 3.63) is 100 Å². The summed E-state index contributed by atoms with van der Waals surface area (Å²) in [6.45, 7) is 6.06. The van der Waals surface area contributed by atoms with Gasteiger partial charge in [0.2, 0.25) is 11.8 Å². The van der Waals surface area contributed by atoms with Gasteiger partial charge in [-0.25, -0.2) is 9.07 Å². The molecule has 3 heterocycles. The van der Waals surface area contributed by atoms with E-state index in [2.05, 4.69) is 5.32 Å². The highest BCUT2D eigenvalue weighted by Crippen LogP contribution is 2.48. The highest BCUT2D eigenvalue weighted by molar-refractivity contribution is 8.00. The van der Waals surface area contributed by atoms with Crippen LogP contribution in [0.1, 0.15) is 48.6 Å². The van der Waals surface area contributed by atoms with Crippen LogP contribution in [0.4, 0.5) is 10.2 Å². The number of carbonyl (C=O) groups is 2. The second-order valence-corrected chi connectivity index (χ2v) is 11.8. The van der Waals surface area contributed by atoms with Gasteiger partial charge < -0.3 is 9.73 Å². The maximum absolute atomic E-state index is 14.4. The van der Waals surface area contributed by atoms with Crippen molar-refractivity contribution in [2.45, 2.75) is 38.0 Å². The standard InChI is InChI=1S/C29H28ClFN4O3S/c1-29(2,3)27-25-26(18-8-6-9-19(31)14-18)39-17-24(37)34(16-23(36)32-15-20-10-7-13-38-20)28(25)35(33-27)22-12-5-4-11-21(22)30/h4-14,26H,15-17H2,1-3H3,(H,32,36)/t26-/m0/s1. The zero-order valence-corrected chi connectivity index (χ0v) is 23.4. The lowest BCUT2D eigenvalue weighted by Gasteiger charge is -2.24. The van der Waals surface area contributed by atoms with Crippen LogP contribution in [-0.4, -0.2) is 33.9 Å². The fourth-order valence-corrected chi connectivity index (χ4v) is 6.00. The average Bonchev–Trinajstić information content (AvgIpc) is 3.52. The molecular formula is C29H28ClFN4O3S. The van der Waals surface area contributed by atoms with Crippen molar-refractivity contribution >= 4 is 41.0 Å². The molecule has 0 unspecified atom stereocenters. The zero-order chi connectivity index (χ0) is 27.7. The van der Waals surface area contributed by atoms with E-state index < -0.39 is 10.7 Å². The van der Waals surface area contributed by atoms with Crippen molar-refractivity contribution in [1.29, 1.82) is 0 Å². The van der Waals surface area contributed by atoms with Gasteiger partial charge in [0.1, 0.15) is 23.9 Å². The van der Waals surface area contributed by atoms with E-state index >= 15 is 0 Å². The Morgan fingerprint density at radius 1 is 1.18 bits per heavy atom. The molecule has 0 aliphatic carbocycles. The number of hydrogen-bond donors (Lipinski definition) is 1. The number of nitrogens with one attached hydrogen (secondary N) is 1. The minimum Gasteiger partial charge on any atom is -0.467 e. The zero-order valence-electron chi connectivity index (χ0n) is 21.8. The predicted octanol–water partition coefficient (Wildman–Crippen LogP) is 6.04. The van der Waals surface area contributed by atoms with Crippen molar-refractivity contribution in [3.8, 4) is 5.69 Å². The van der Waals surface area contributed by atoms with Crippen LogP contribution in [0.3, 0.4) is 0 Å². The van der Waals surface area contributed by atoms with E-state index in [1.807, 2.05) is 45.0 Å². The third-order valence-corrected chi connectivity index (χ3v) is 7.95. The van der Waals surface area contributed by atoms with Crippen molar-refractivity contribution in [3.63, 3.8) is 0 Å². The van der Waals surface area contributed by atoms with Crippen LogP contribution >= 0.6 is 23.4 Å². The number of halogens is 2. The molecule has 4 aromatic rings. The van der Waals surface area contributed by atoms with Gasteiger partial charge in [-0.2, -0.15) is 5.10 Å². The van der Waals surface area contributed by atoms with E-state index in [1.165, 1.54) is 35.1 Å². The summed E-state index contributed by atoms with van der Waals surface area (Å²) in [6.07, 6.45) is 1.53. The first kappa shape index (κ1) is 27.0. The van der Waals surface area contributed by atoms with E-state index in [9.17, 15) is 14.0 Å². The van der Waals surface area contributed by atoms with Crippen LogP contribution in [0.25, 0.3) is 5.69 Å². The molecule has 5 rings (SSSR count). The minimum absolute atomic E-state index is 0.0907. The van der Waals surface area contributed by atoms with E-state index in [-0.39, 0.29) is 36.5 Å². The van der Waals surface area contributed by atoms with Crippen LogP contribution in [-0.2, 0) is 21.5 Å². The number of fused-ring (bicyclic) bond motifs is 1. The Bertz CT molecular complexity index is 1510. The molecule has 0 radical (unpaired) electrons. The van der Waals surface area contributed by atoms with Gasteiger partial charge in [-0.3, -0.25) is 14.5 Å². The first-order valence-corrected chi connectivity index (χ1v) is 13.9. The SMILES string of the molecule is CC(C)(C)c1nn(-c2ccccc2Cl)c2c1[C@H](c1cccc(F)c1)SCC(=O)N2CC(=O)NCc1ccco1. The third-order valence-electron chi connectivity index (χ3n) is 6.37. The summed E-state index contributed by atoms with van der Waals surface area (Å²) < 4.78 is 21.4. The summed E-state index contributed by atoms with van der Waals surface area (Å²) in [4.78, 5) is 28.3. The van der Waals surface area contributed by atoms with Crippen molar-refractivity contribution in [2.75, 3.05) is 17.2 Å². The fourth-order valence-electron chi connectivity index (χ4n) is 4.60. The fraction of sp³-hybridized carbons (Fsp3) is 0.276. The number of hydrogen-bond acceptors (Lipinski definition) is 5. The molecule has 1 aliphatic heterocycles. The van der Waals surface area contributed by atoms with Gasteiger partial charge in [-0.05, 0) is 42.0 Å². The van der Waals surface area contributed by atoms with Crippen molar-refractivity contribution in [1.82, 2.24) is 15.1 Å². The van der Waals surface area contributed by atoms with Crippen LogP contribution in [0.5, 0.6) is 0 Å². The molecule has 7 nitrogen and oxygen atoms in total. The predicted molar refractivity (Wildman–Crippen MR) is 151 cm³/mol. The first-order chi connectivity index (χ1) is 18.6. The third kappa shape index (κ3) is 5.60. The van der Waals surface area contributed by atoms with Gasteiger partial charge in [-0.15, -0.1) is 11.8 Å². The van der Waals surface area contributed by atoms with Crippen LogP contribution < -0.4 is 10.2 Å². The molecule has 0 saturated carbocycles. The maximum Gasteiger partial charge on any atom is 0.240 e. The molecular weight excluding hydrogens is 539 g/mol. The normalized spacial score (nSPS) is 15.7. The van der Waals surface area contributed by atoms with Crippen LogP contribution in [0.2, 0.25) is 5.02 Å². The number of amides is 2. The minimum atomic E-state index is -0.441. The number of aromatic nitrogens is 2. The number of anilines is 1. The lowest BCUT2D eigenvalue weighted by Crippen LogP contribution is -2.42. The van der Waals surface area contributed by atoms with Crippen LogP contribution in [0.15, 0.2) is 71.3 Å². The molecule has 2 aromatic carbocycles. The molecule has 2 aromatic heterocycles. The van der Waals surface area contributed by atoms with Crippen LogP contribution in [0, 0.1) is 5.82 Å². The lowest BCUT2D eigenvalue weighted by atomic mass is 9.87. The summed E-state index contributed by atoms with van der Waals surface area (Å²) in [5.41, 5.74) is 2.33. The number of para-hydroxylation sites is 1. The molecule has 1 aliphatic rings. The largest absolute Gasteiger partial charge is 0.467 e. The Balaban J connectivity index is 1.69. The number of nitrogens with zero attached hydrogens (tertiary/aromatic N) is 3. The number of thioether (sulfide) groups is 1. The number of carbonyl (C=O) groups excluding carboxylic acids is 2. The monoisotopic (exact) mass is 566 g/mol. The van der Waals surface area contributed by atoms with E-state index in [0.29, 0.717) is 27.9 Å². The van der Waals surface area contributed by atoms with Gasteiger partial charge in [0.15, 0.2) is 0 Å². The number of furan rings is 1. The average molecular weight is 567 g/mol. The molecule has 0 saturated heterocycles. The summed E-state index contributed by atoms with van der Waals surface area (Å²) in [7, 11) is 0. The molecule has 0 spiro atoms. The van der Waals surface area contributed by atoms with E-state index in [4.69, 9.17) is 21.1 Å². The molecule has 39 heavy (non-hydrogen) atoms. The Labute approximate surface area is 235 Å². The van der Waals surface area contributed by atoms with Gasteiger partial charge in [-0.1, -0.05) is 56.6 Å². The summed E-state index contributed by atoms with van der Waals surface area (Å²) >= 11 is 8.02. The number of benzene rings is 2. The smallest absolute Gasteiger partial charge is 0.240 e. The molecule has 0 bridgehead atoms. The van der Waals surface area contributed by atoms with Crippen molar-refractivity contribution in [2.24, 2.45) is 0 Å². The van der Waals surface area contributed by atoms with E-state index in [0.717, 1.165) is 11.3 Å². The van der Waals surface area contributed by atoms with Gasteiger partial charge in [0.05, 0.1) is 40.2 Å². The topological polar surface area (TPSA) is 80.4 Å². The highest BCUT2D eigenvalue weighted by atomic mass is 35.5. The van der Waals surface area contributed by atoms with E-state index in [1.54, 1.807) is 28.9 Å². The molecule has 2 amide bonds. The second-order valence-electron chi connectivity index (χ2n) is 10.3.